The van der Waals surface area contributed by atoms with Crippen LogP contribution in [0.1, 0.15) is 47.0 Å². The van der Waals surface area contributed by atoms with Crippen LogP contribution in [0.2, 0.25) is 0 Å². The molecular weight excluding hydrogens is 569 g/mol. The standard InChI is InChI=1S/C23H30NOS2.2ClHO4/c1-5-7-16-25-18(3)24-23(4,6-2)17-27-21-14-10-8-12-19(21)26-20-13-9-11-15-22(20)27;2*2-1(3,4)5/h8-15H,5-7,16-17H2,1-4H3;2*(H,2,3,4,5)/q+1;;/p-1. The molecule has 37 heavy (non-hydrogen) atoms. The predicted molar refractivity (Wildman–Crippen MR) is 121 cm³/mol. The monoisotopic (exact) mass is 599 g/mol. The summed E-state index contributed by atoms with van der Waals surface area (Å²) in [6, 6.07) is 17.7. The molecule has 208 valence electrons. The van der Waals surface area contributed by atoms with E-state index in [4.69, 9.17) is 47.0 Å². The topological polar surface area (TPSA) is 203 Å². The van der Waals surface area contributed by atoms with E-state index in [1.165, 1.54) is 19.6 Å². The highest BCUT2D eigenvalue weighted by Gasteiger charge is 2.41. The number of fused-ring (bicyclic) bond motifs is 2. The van der Waals surface area contributed by atoms with Crippen LogP contribution >= 0.6 is 11.8 Å². The zero-order chi connectivity index (χ0) is 28.3. The van der Waals surface area contributed by atoms with Gasteiger partial charge in [-0.2, -0.15) is 14.0 Å². The summed E-state index contributed by atoms with van der Waals surface area (Å²) in [4.78, 5) is 10.7. The average Bonchev–Trinajstić information content (AvgIpc) is 2.77. The summed E-state index contributed by atoms with van der Waals surface area (Å²) < 4.78 is 72.6. The molecule has 0 spiro atoms. The Bertz CT molecular complexity index is 933. The van der Waals surface area contributed by atoms with Crippen LogP contribution in [-0.4, -0.2) is 28.5 Å². The van der Waals surface area contributed by atoms with Crippen LogP contribution in [-0.2, 0) is 15.6 Å². The first-order valence-corrected chi connectivity index (χ1v) is 15.8. The number of hydrogen-bond donors (Lipinski definition) is 1. The Morgan fingerprint density at radius 1 is 0.946 bits per heavy atom. The quantitative estimate of drug-likeness (QED) is 0.156. The molecule has 1 unspecified atom stereocenters. The van der Waals surface area contributed by atoms with Crippen molar-refractivity contribution in [3.63, 3.8) is 0 Å². The molecule has 0 fully saturated rings. The van der Waals surface area contributed by atoms with Crippen LogP contribution in [0, 0.1) is 20.5 Å². The minimum Gasteiger partial charge on any atom is -0.481 e. The molecule has 10 nitrogen and oxygen atoms in total. The molecule has 1 heterocycles. The highest BCUT2D eigenvalue weighted by atomic mass is 35.7. The molecule has 0 amide bonds. The van der Waals surface area contributed by atoms with Crippen molar-refractivity contribution in [1.29, 1.82) is 0 Å². The molecule has 1 aliphatic heterocycles. The van der Waals surface area contributed by atoms with Crippen molar-refractivity contribution in [2.24, 2.45) is 4.99 Å². The first-order chi connectivity index (χ1) is 17.1. The van der Waals surface area contributed by atoms with Gasteiger partial charge in [-0.1, -0.05) is 56.3 Å². The summed E-state index contributed by atoms with van der Waals surface area (Å²) in [5.74, 6) is 1.84. The predicted octanol–water partition coefficient (Wildman–Crippen LogP) is -2.29. The lowest BCUT2D eigenvalue weighted by atomic mass is 10.0. The zero-order valence-corrected chi connectivity index (χ0v) is 24.0. The Labute approximate surface area is 228 Å². The van der Waals surface area contributed by atoms with Crippen molar-refractivity contribution in [1.82, 2.24) is 0 Å². The van der Waals surface area contributed by atoms with Crippen molar-refractivity contribution in [3.05, 3.63) is 48.5 Å². The number of unbranched alkanes of at least 4 members (excludes halogenated alkanes) is 1. The Morgan fingerprint density at radius 3 is 1.78 bits per heavy atom. The van der Waals surface area contributed by atoms with Crippen LogP contribution in [0.5, 0.6) is 0 Å². The molecule has 0 radical (unpaired) electrons. The summed E-state index contributed by atoms with van der Waals surface area (Å²) in [6.07, 6.45) is 3.23. The first-order valence-electron chi connectivity index (χ1n) is 11.1. The van der Waals surface area contributed by atoms with Gasteiger partial charge in [-0.05, 0) is 44.0 Å². The molecule has 1 aliphatic rings. The Balaban J connectivity index is 0.000000583. The molecule has 2 aromatic carbocycles. The molecule has 0 aromatic heterocycles. The fourth-order valence-electron chi connectivity index (χ4n) is 3.17. The van der Waals surface area contributed by atoms with Gasteiger partial charge in [0.1, 0.15) is 11.3 Å². The number of hydrogen-bond acceptors (Lipinski definition) is 11. The van der Waals surface area contributed by atoms with Crippen molar-refractivity contribution in [2.45, 2.75) is 72.1 Å². The number of nitrogens with zero attached hydrogens (tertiary/aromatic N) is 1. The van der Waals surface area contributed by atoms with Crippen molar-refractivity contribution < 1.29 is 62.5 Å². The number of aliphatic imine (C=N–C) groups is 1. The molecule has 0 aliphatic carbocycles. The summed E-state index contributed by atoms with van der Waals surface area (Å²) in [5.41, 5.74) is -0.123. The molecule has 2 aromatic rings. The number of rotatable bonds is 7. The van der Waals surface area contributed by atoms with Gasteiger partial charge in [0.2, 0.25) is 0 Å². The van der Waals surface area contributed by atoms with Gasteiger partial charge < -0.3 is 4.74 Å². The highest BCUT2D eigenvalue weighted by molar-refractivity contribution is 8.04. The van der Waals surface area contributed by atoms with E-state index in [-0.39, 0.29) is 16.4 Å². The minimum atomic E-state index is -4.94. The molecular formula is C23H31Cl2NO9S2. The molecule has 14 heteroatoms. The average molecular weight is 601 g/mol. The third kappa shape index (κ3) is 14.6. The maximum atomic E-state index is 8.60. The van der Waals surface area contributed by atoms with Crippen LogP contribution in [0.25, 0.3) is 0 Å². The second-order valence-corrected chi connectivity index (χ2v) is 12.6. The molecule has 0 saturated carbocycles. The van der Waals surface area contributed by atoms with Gasteiger partial charge in [-0.25, -0.2) is 23.6 Å². The third-order valence-electron chi connectivity index (χ3n) is 4.90. The lowest BCUT2D eigenvalue weighted by Gasteiger charge is -2.27. The maximum absolute atomic E-state index is 8.60. The number of ether oxygens (including phenoxy) is 1. The normalized spacial score (nSPS) is 15.2. The third-order valence-corrected chi connectivity index (χ3v) is 9.00. The van der Waals surface area contributed by atoms with Gasteiger partial charge in [0, 0.05) is 6.92 Å². The van der Waals surface area contributed by atoms with E-state index in [0.717, 1.165) is 37.5 Å². The fraction of sp³-hybridized carbons (Fsp3) is 0.435. The van der Waals surface area contributed by atoms with Crippen molar-refractivity contribution >= 4 is 28.6 Å². The summed E-state index contributed by atoms with van der Waals surface area (Å²) >= 11 is 1.89. The van der Waals surface area contributed by atoms with Gasteiger partial charge in [0.25, 0.3) is 0 Å². The fourth-order valence-corrected chi connectivity index (χ4v) is 7.44. The molecule has 0 bridgehead atoms. The first kappa shape index (κ1) is 33.9. The van der Waals surface area contributed by atoms with Gasteiger partial charge in [0.15, 0.2) is 15.7 Å². The Hall–Kier alpha value is -1.13. The molecule has 1 N–H and O–H groups in total. The maximum Gasteiger partial charge on any atom is 0.180 e. The van der Waals surface area contributed by atoms with Gasteiger partial charge in [0.05, 0.1) is 42.2 Å². The van der Waals surface area contributed by atoms with E-state index in [2.05, 4.69) is 69.3 Å². The number of halogens is 2. The summed E-state index contributed by atoms with van der Waals surface area (Å²) in [7, 11) is -9.61. The molecule has 0 saturated heterocycles. The SMILES string of the molecule is CCCCOC(C)=NC(C)(CC)C[S+]1c2ccccc2Sc2ccccc21.[O-][Cl+3]([O-])([O-])O.[O-][Cl+3]([O-])([O-])[O-]. The second kappa shape index (κ2) is 15.5. The highest BCUT2D eigenvalue weighted by Crippen LogP contribution is 2.46. The van der Waals surface area contributed by atoms with Gasteiger partial charge in [-0.15, -0.1) is 10.2 Å². The van der Waals surface area contributed by atoms with E-state index >= 15 is 0 Å². The van der Waals surface area contributed by atoms with Crippen molar-refractivity contribution in [3.8, 4) is 0 Å². The number of benzene rings is 2. The smallest absolute Gasteiger partial charge is 0.180 e. The van der Waals surface area contributed by atoms with E-state index < -0.39 is 20.5 Å². The molecule has 1 atom stereocenters. The lowest BCUT2D eigenvalue weighted by Crippen LogP contribution is -2.68. The zero-order valence-electron chi connectivity index (χ0n) is 20.9. The van der Waals surface area contributed by atoms with E-state index in [1.807, 2.05) is 18.7 Å². The van der Waals surface area contributed by atoms with Crippen LogP contribution < -0.4 is 32.6 Å². The van der Waals surface area contributed by atoms with Gasteiger partial charge in [-0.3, -0.25) is 0 Å². The Morgan fingerprint density at radius 2 is 1.38 bits per heavy atom. The Kier molecular flexibility index (Phi) is 14.2. The van der Waals surface area contributed by atoms with Crippen LogP contribution in [0.3, 0.4) is 0 Å². The summed E-state index contributed by atoms with van der Waals surface area (Å²) in [6.45, 7) is 9.47. The lowest BCUT2D eigenvalue weighted by molar-refractivity contribution is -2.00. The molecule has 3 rings (SSSR count). The van der Waals surface area contributed by atoms with Crippen LogP contribution in [0.4, 0.5) is 0 Å². The van der Waals surface area contributed by atoms with Crippen molar-refractivity contribution in [2.75, 3.05) is 12.4 Å². The largest absolute Gasteiger partial charge is 0.481 e. The van der Waals surface area contributed by atoms with E-state index in [9.17, 15) is 0 Å². The second-order valence-electron chi connectivity index (χ2n) is 7.99. The minimum absolute atomic E-state index is 0.0289. The van der Waals surface area contributed by atoms with Gasteiger partial charge >= 0.3 is 0 Å². The van der Waals surface area contributed by atoms with Crippen LogP contribution in [0.15, 0.2) is 73.1 Å². The van der Waals surface area contributed by atoms with E-state index in [0.29, 0.717) is 0 Å². The summed E-state index contributed by atoms with van der Waals surface area (Å²) in [5, 5.41) is 0. The van der Waals surface area contributed by atoms with E-state index in [1.54, 1.807) is 0 Å².